The molecule has 0 bridgehead atoms. The topological polar surface area (TPSA) is 76.1 Å². The van der Waals surface area contributed by atoms with E-state index in [1.165, 1.54) is 0 Å². The SMILES string of the molecule is COCCCNc1nccc(C(=O)Nc2ccc(Br)c(C)c2)n1. The molecule has 23 heavy (non-hydrogen) atoms. The summed E-state index contributed by atoms with van der Waals surface area (Å²) in [6, 6.07) is 7.21. The molecule has 2 N–H and O–H groups in total. The molecule has 0 aliphatic carbocycles. The van der Waals surface area contributed by atoms with E-state index in [0.717, 1.165) is 22.1 Å². The van der Waals surface area contributed by atoms with E-state index in [2.05, 4.69) is 36.5 Å². The number of aromatic nitrogens is 2. The second kappa shape index (κ2) is 8.59. The molecular formula is C16H19BrN4O2. The summed E-state index contributed by atoms with van der Waals surface area (Å²) in [5, 5.41) is 5.90. The Morgan fingerprint density at radius 2 is 2.17 bits per heavy atom. The van der Waals surface area contributed by atoms with Gasteiger partial charge in [0.1, 0.15) is 5.69 Å². The van der Waals surface area contributed by atoms with E-state index in [1.54, 1.807) is 19.4 Å². The van der Waals surface area contributed by atoms with Crippen LogP contribution in [0.4, 0.5) is 11.6 Å². The highest BCUT2D eigenvalue weighted by Crippen LogP contribution is 2.20. The number of nitrogens with zero attached hydrogens (tertiary/aromatic N) is 2. The van der Waals surface area contributed by atoms with Crippen molar-refractivity contribution in [2.45, 2.75) is 13.3 Å². The lowest BCUT2D eigenvalue weighted by Crippen LogP contribution is -2.16. The molecule has 1 amide bonds. The largest absolute Gasteiger partial charge is 0.385 e. The number of rotatable bonds is 7. The van der Waals surface area contributed by atoms with Crippen LogP contribution in [0.5, 0.6) is 0 Å². The van der Waals surface area contributed by atoms with E-state index >= 15 is 0 Å². The fourth-order valence-electron chi connectivity index (χ4n) is 1.90. The molecule has 0 saturated heterocycles. The maximum atomic E-state index is 12.3. The molecule has 0 aliphatic rings. The van der Waals surface area contributed by atoms with Crippen LogP contribution in [0.2, 0.25) is 0 Å². The number of ether oxygens (including phenoxy) is 1. The van der Waals surface area contributed by atoms with Crippen LogP contribution in [-0.2, 0) is 4.74 Å². The Hall–Kier alpha value is -1.99. The van der Waals surface area contributed by atoms with Crippen LogP contribution in [0.25, 0.3) is 0 Å². The molecule has 1 aromatic carbocycles. The van der Waals surface area contributed by atoms with Crippen LogP contribution >= 0.6 is 15.9 Å². The Balaban J connectivity index is 2.00. The molecule has 1 aromatic heterocycles. The summed E-state index contributed by atoms with van der Waals surface area (Å²) < 4.78 is 5.98. The monoisotopic (exact) mass is 378 g/mol. The van der Waals surface area contributed by atoms with Crippen molar-refractivity contribution in [1.29, 1.82) is 0 Å². The van der Waals surface area contributed by atoms with E-state index in [1.807, 2.05) is 25.1 Å². The third-order valence-corrected chi connectivity index (χ3v) is 4.00. The number of anilines is 2. The summed E-state index contributed by atoms with van der Waals surface area (Å²) >= 11 is 3.43. The number of carbonyl (C=O) groups is 1. The minimum absolute atomic E-state index is 0.269. The number of carbonyl (C=O) groups excluding carboxylic acids is 1. The van der Waals surface area contributed by atoms with Crippen molar-refractivity contribution < 1.29 is 9.53 Å². The lowest BCUT2D eigenvalue weighted by atomic mass is 10.2. The molecule has 0 radical (unpaired) electrons. The van der Waals surface area contributed by atoms with E-state index < -0.39 is 0 Å². The zero-order valence-corrected chi connectivity index (χ0v) is 14.7. The highest BCUT2D eigenvalue weighted by Gasteiger charge is 2.09. The number of nitrogens with one attached hydrogen (secondary N) is 2. The van der Waals surface area contributed by atoms with Crippen molar-refractivity contribution in [3.63, 3.8) is 0 Å². The number of methoxy groups -OCH3 is 1. The Kier molecular flexibility index (Phi) is 6.49. The molecule has 2 rings (SSSR count). The third-order valence-electron chi connectivity index (χ3n) is 3.11. The van der Waals surface area contributed by atoms with Gasteiger partial charge in [0.15, 0.2) is 0 Å². The van der Waals surface area contributed by atoms with Crippen molar-refractivity contribution >= 4 is 33.5 Å². The van der Waals surface area contributed by atoms with Crippen LogP contribution in [0.1, 0.15) is 22.5 Å². The molecule has 0 unspecified atom stereocenters. The van der Waals surface area contributed by atoms with E-state index in [-0.39, 0.29) is 5.91 Å². The average molecular weight is 379 g/mol. The summed E-state index contributed by atoms with van der Waals surface area (Å²) in [6.45, 7) is 3.31. The predicted molar refractivity (Wildman–Crippen MR) is 93.8 cm³/mol. The number of amides is 1. The van der Waals surface area contributed by atoms with Gasteiger partial charge in [-0.2, -0.15) is 0 Å². The van der Waals surface area contributed by atoms with Gasteiger partial charge in [0.05, 0.1) is 0 Å². The fourth-order valence-corrected chi connectivity index (χ4v) is 2.15. The third kappa shape index (κ3) is 5.30. The normalized spacial score (nSPS) is 10.4. The van der Waals surface area contributed by atoms with Gasteiger partial charge in [-0.25, -0.2) is 9.97 Å². The second-order valence-corrected chi connectivity index (χ2v) is 5.81. The van der Waals surface area contributed by atoms with Gasteiger partial charge >= 0.3 is 0 Å². The number of hydrogen-bond donors (Lipinski definition) is 2. The molecule has 0 saturated carbocycles. The molecular weight excluding hydrogens is 360 g/mol. The Bertz CT molecular complexity index is 679. The first-order valence-corrected chi connectivity index (χ1v) is 8.03. The van der Waals surface area contributed by atoms with Crippen LogP contribution in [0.15, 0.2) is 34.9 Å². The van der Waals surface area contributed by atoms with E-state index in [9.17, 15) is 4.79 Å². The number of hydrogen-bond acceptors (Lipinski definition) is 5. The van der Waals surface area contributed by atoms with Gasteiger partial charge in [0.2, 0.25) is 5.95 Å². The van der Waals surface area contributed by atoms with E-state index in [0.29, 0.717) is 24.8 Å². The van der Waals surface area contributed by atoms with E-state index in [4.69, 9.17) is 4.74 Å². The number of aryl methyl sites for hydroxylation is 1. The number of halogens is 1. The quantitative estimate of drug-likeness (QED) is 0.723. The number of benzene rings is 1. The fraction of sp³-hybridized carbons (Fsp3) is 0.312. The van der Waals surface area contributed by atoms with Crippen LogP contribution in [0, 0.1) is 6.92 Å². The van der Waals surface area contributed by atoms with Crippen LogP contribution < -0.4 is 10.6 Å². The molecule has 6 nitrogen and oxygen atoms in total. The summed E-state index contributed by atoms with van der Waals surface area (Å²) in [5.41, 5.74) is 2.09. The van der Waals surface area contributed by atoms with Gasteiger partial charge < -0.3 is 15.4 Å². The van der Waals surface area contributed by atoms with Crippen molar-refractivity contribution in [2.75, 3.05) is 30.9 Å². The van der Waals surface area contributed by atoms with Gasteiger partial charge in [0, 0.05) is 36.6 Å². The molecule has 0 fully saturated rings. The molecule has 0 aliphatic heterocycles. The molecule has 0 atom stereocenters. The highest BCUT2D eigenvalue weighted by molar-refractivity contribution is 9.10. The van der Waals surface area contributed by atoms with Crippen LogP contribution in [0.3, 0.4) is 0 Å². The molecule has 2 aromatic rings. The first kappa shape index (κ1) is 17.4. The van der Waals surface area contributed by atoms with Gasteiger partial charge in [-0.05, 0) is 43.2 Å². The predicted octanol–water partition coefficient (Wildman–Crippen LogP) is 3.25. The van der Waals surface area contributed by atoms with Crippen molar-refractivity contribution in [1.82, 2.24) is 9.97 Å². The zero-order valence-electron chi connectivity index (χ0n) is 13.1. The maximum absolute atomic E-state index is 12.3. The summed E-state index contributed by atoms with van der Waals surface area (Å²) in [6.07, 6.45) is 2.40. The van der Waals surface area contributed by atoms with Crippen molar-refractivity contribution in [3.05, 3.63) is 46.2 Å². The van der Waals surface area contributed by atoms with Crippen molar-refractivity contribution in [3.8, 4) is 0 Å². The first-order valence-electron chi connectivity index (χ1n) is 7.23. The Labute approximate surface area is 143 Å². The lowest BCUT2D eigenvalue weighted by molar-refractivity contribution is 0.102. The standard InChI is InChI=1S/C16H19BrN4O2/c1-11-10-12(4-5-13(11)17)20-15(22)14-6-8-19-16(21-14)18-7-3-9-23-2/h4-6,8,10H,3,7,9H2,1-2H3,(H,20,22)(H,18,19,21). The Morgan fingerprint density at radius 1 is 1.35 bits per heavy atom. The maximum Gasteiger partial charge on any atom is 0.274 e. The highest BCUT2D eigenvalue weighted by atomic mass is 79.9. The van der Waals surface area contributed by atoms with Crippen LogP contribution in [-0.4, -0.2) is 36.1 Å². The minimum atomic E-state index is -0.269. The first-order chi connectivity index (χ1) is 11.1. The average Bonchev–Trinajstić information content (AvgIpc) is 2.55. The van der Waals surface area contributed by atoms with Gasteiger partial charge in [-0.3, -0.25) is 4.79 Å². The second-order valence-electron chi connectivity index (χ2n) is 4.96. The Morgan fingerprint density at radius 3 is 2.91 bits per heavy atom. The van der Waals surface area contributed by atoms with Gasteiger partial charge in [0.25, 0.3) is 5.91 Å². The van der Waals surface area contributed by atoms with Gasteiger partial charge in [-0.15, -0.1) is 0 Å². The smallest absolute Gasteiger partial charge is 0.274 e. The summed E-state index contributed by atoms with van der Waals surface area (Å²) in [5.74, 6) is 0.162. The zero-order chi connectivity index (χ0) is 16.7. The molecule has 122 valence electrons. The molecule has 1 heterocycles. The van der Waals surface area contributed by atoms with Gasteiger partial charge in [-0.1, -0.05) is 15.9 Å². The molecule has 0 spiro atoms. The lowest BCUT2D eigenvalue weighted by Gasteiger charge is -2.08. The molecule has 7 heteroatoms. The minimum Gasteiger partial charge on any atom is -0.385 e. The summed E-state index contributed by atoms with van der Waals surface area (Å²) in [4.78, 5) is 20.6. The van der Waals surface area contributed by atoms with Crippen molar-refractivity contribution in [2.24, 2.45) is 0 Å². The summed E-state index contributed by atoms with van der Waals surface area (Å²) in [7, 11) is 1.66.